The van der Waals surface area contributed by atoms with E-state index in [4.69, 9.17) is 9.57 Å². The molecule has 2 amide bonds. The Morgan fingerprint density at radius 1 is 1.47 bits per heavy atom. The lowest BCUT2D eigenvalue weighted by Gasteiger charge is -2.25. The van der Waals surface area contributed by atoms with Gasteiger partial charge in [0.1, 0.15) is 5.75 Å². The zero-order valence-electron chi connectivity index (χ0n) is 9.81. The number of hydrogen-bond donors (Lipinski definition) is 1. The summed E-state index contributed by atoms with van der Waals surface area (Å²) >= 11 is 0. The number of carbonyl (C=O) groups is 1. The fraction of sp³-hybridized carbons (Fsp3) is 0.417. The van der Waals surface area contributed by atoms with E-state index in [1.807, 2.05) is 18.2 Å². The van der Waals surface area contributed by atoms with Crippen LogP contribution in [0.4, 0.5) is 10.5 Å². The maximum absolute atomic E-state index is 11.8. The van der Waals surface area contributed by atoms with Gasteiger partial charge in [-0.25, -0.2) is 9.86 Å². The highest BCUT2D eigenvalue weighted by atomic mass is 16.7. The van der Waals surface area contributed by atoms with E-state index in [2.05, 4.69) is 5.32 Å². The van der Waals surface area contributed by atoms with E-state index in [9.17, 15) is 4.79 Å². The summed E-state index contributed by atoms with van der Waals surface area (Å²) in [4.78, 5) is 17.1. The summed E-state index contributed by atoms with van der Waals surface area (Å²) < 4.78 is 5.09. The number of hydrogen-bond acceptors (Lipinski definition) is 3. The molecule has 0 saturated carbocycles. The van der Waals surface area contributed by atoms with Crippen molar-refractivity contribution in [3.63, 3.8) is 0 Å². The molecule has 1 fully saturated rings. The lowest BCUT2D eigenvalue weighted by atomic mass is 10.3. The van der Waals surface area contributed by atoms with Gasteiger partial charge in [-0.1, -0.05) is 6.07 Å². The fourth-order valence-electron chi connectivity index (χ4n) is 1.64. The summed E-state index contributed by atoms with van der Waals surface area (Å²) in [7, 11) is 1.59. The zero-order valence-corrected chi connectivity index (χ0v) is 9.81. The predicted molar refractivity (Wildman–Crippen MR) is 63.9 cm³/mol. The second-order valence-corrected chi connectivity index (χ2v) is 3.80. The first-order chi connectivity index (χ1) is 8.29. The molecule has 0 radical (unpaired) electrons. The average Bonchev–Trinajstić information content (AvgIpc) is 2.40. The topological polar surface area (TPSA) is 50.8 Å². The summed E-state index contributed by atoms with van der Waals surface area (Å²) in [6.45, 7) is 1.24. The Bertz CT molecular complexity index is 389. The monoisotopic (exact) mass is 236 g/mol. The molecule has 0 spiro atoms. The van der Waals surface area contributed by atoms with Gasteiger partial charge in [-0.3, -0.25) is 4.84 Å². The van der Waals surface area contributed by atoms with Gasteiger partial charge < -0.3 is 10.1 Å². The molecule has 5 heteroatoms. The number of amides is 2. The number of urea groups is 1. The van der Waals surface area contributed by atoms with Gasteiger partial charge in [-0.15, -0.1) is 0 Å². The van der Waals surface area contributed by atoms with Gasteiger partial charge in [0.15, 0.2) is 0 Å². The first-order valence-electron chi connectivity index (χ1n) is 5.65. The van der Waals surface area contributed by atoms with Crippen LogP contribution in [0, 0.1) is 0 Å². The van der Waals surface area contributed by atoms with Crippen molar-refractivity contribution >= 4 is 11.7 Å². The summed E-state index contributed by atoms with van der Waals surface area (Å²) in [5.74, 6) is 0.711. The van der Waals surface area contributed by atoms with Crippen molar-refractivity contribution in [1.29, 1.82) is 0 Å². The first kappa shape index (κ1) is 11.7. The summed E-state index contributed by atoms with van der Waals surface area (Å²) in [5.41, 5.74) is 0.698. The van der Waals surface area contributed by atoms with Crippen molar-refractivity contribution in [2.75, 3.05) is 25.6 Å². The molecule has 0 atom stereocenters. The molecular formula is C12H16N2O3. The van der Waals surface area contributed by atoms with Crippen molar-refractivity contribution in [3.05, 3.63) is 24.3 Å². The Morgan fingerprint density at radius 2 is 2.35 bits per heavy atom. The van der Waals surface area contributed by atoms with Gasteiger partial charge in [0.05, 0.1) is 20.3 Å². The molecule has 0 unspecified atom stereocenters. The highest BCUT2D eigenvalue weighted by molar-refractivity contribution is 5.88. The number of methoxy groups -OCH3 is 1. The van der Waals surface area contributed by atoms with Gasteiger partial charge in [0.2, 0.25) is 0 Å². The van der Waals surface area contributed by atoms with Crippen LogP contribution >= 0.6 is 0 Å². The SMILES string of the molecule is COc1cccc(NC(=O)N2CCCCO2)c1. The molecule has 1 aromatic rings. The third kappa shape index (κ3) is 3.10. The third-order valence-electron chi connectivity index (χ3n) is 2.55. The molecule has 0 aliphatic carbocycles. The Hall–Kier alpha value is -1.75. The predicted octanol–water partition coefficient (Wildman–Crippen LogP) is 2.25. The molecule has 2 rings (SSSR count). The molecule has 0 bridgehead atoms. The van der Waals surface area contributed by atoms with Crippen molar-refractivity contribution in [1.82, 2.24) is 5.06 Å². The molecule has 1 heterocycles. The second kappa shape index (κ2) is 5.54. The van der Waals surface area contributed by atoms with Gasteiger partial charge >= 0.3 is 6.03 Å². The molecule has 1 aliphatic rings. The summed E-state index contributed by atoms with van der Waals surface area (Å²) in [6, 6.07) is 6.99. The van der Waals surface area contributed by atoms with Crippen LogP contribution in [0.2, 0.25) is 0 Å². The number of benzene rings is 1. The van der Waals surface area contributed by atoms with Crippen LogP contribution in [0.3, 0.4) is 0 Å². The van der Waals surface area contributed by atoms with Gasteiger partial charge in [-0.05, 0) is 25.0 Å². The van der Waals surface area contributed by atoms with E-state index in [0.29, 0.717) is 24.6 Å². The Kier molecular flexibility index (Phi) is 3.82. The number of nitrogens with zero attached hydrogens (tertiary/aromatic N) is 1. The molecule has 17 heavy (non-hydrogen) atoms. The molecule has 1 aliphatic heterocycles. The Balaban J connectivity index is 1.96. The van der Waals surface area contributed by atoms with E-state index in [0.717, 1.165) is 12.8 Å². The number of anilines is 1. The van der Waals surface area contributed by atoms with Crippen LogP contribution in [0.1, 0.15) is 12.8 Å². The van der Waals surface area contributed by atoms with Crippen LogP contribution in [-0.2, 0) is 4.84 Å². The lowest BCUT2D eigenvalue weighted by Crippen LogP contribution is -2.38. The van der Waals surface area contributed by atoms with Crippen molar-refractivity contribution in [2.24, 2.45) is 0 Å². The zero-order chi connectivity index (χ0) is 12.1. The minimum Gasteiger partial charge on any atom is -0.497 e. The molecule has 5 nitrogen and oxygen atoms in total. The van der Waals surface area contributed by atoms with E-state index in [1.54, 1.807) is 13.2 Å². The van der Waals surface area contributed by atoms with Crippen molar-refractivity contribution < 1.29 is 14.4 Å². The number of ether oxygens (including phenoxy) is 1. The largest absolute Gasteiger partial charge is 0.497 e. The first-order valence-corrected chi connectivity index (χ1v) is 5.65. The van der Waals surface area contributed by atoms with E-state index in [-0.39, 0.29) is 6.03 Å². The Labute approximate surface area is 100 Å². The van der Waals surface area contributed by atoms with Gasteiger partial charge in [0, 0.05) is 11.8 Å². The molecule has 0 aromatic heterocycles. The van der Waals surface area contributed by atoms with E-state index < -0.39 is 0 Å². The highest BCUT2D eigenvalue weighted by Gasteiger charge is 2.17. The molecule has 92 valence electrons. The van der Waals surface area contributed by atoms with Crippen LogP contribution in [0.25, 0.3) is 0 Å². The smallest absolute Gasteiger partial charge is 0.345 e. The number of hydroxylamine groups is 2. The van der Waals surface area contributed by atoms with Gasteiger partial charge in [0.25, 0.3) is 0 Å². The minimum atomic E-state index is -0.238. The normalized spacial score (nSPS) is 15.5. The maximum Gasteiger partial charge on any atom is 0.345 e. The van der Waals surface area contributed by atoms with Crippen LogP contribution in [0.15, 0.2) is 24.3 Å². The summed E-state index contributed by atoms with van der Waals surface area (Å²) in [5, 5.41) is 4.13. The average molecular weight is 236 g/mol. The number of rotatable bonds is 2. The third-order valence-corrected chi connectivity index (χ3v) is 2.55. The van der Waals surface area contributed by atoms with E-state index >= 15 is 0 Å². The standard InChI is InChI=1S/C12H16N2O3/c1-16-11-6-4-5-10(9-11)13-12(15)14-7-2-3-8-17-14/h4-6,9H,2-3,7-8H2,1H3,(H,13,15). The highest BCUT2D eigenvalue weighted by Crippen LogP contribution is 2.17. The van der Waals surface area contributed by atoms with Gasteiger partial charge in [-0.2, -0.15) is 0 Å². The quantitative estimate of drug-likeness (QED) is 0.856. The number of nitrogens with one attached hydrogen (secondary N) is 1. The van der Waals surface area contributed by atoms with E-state index in [1.165, 1.54) is 5.06 Å². The maximum atomic E-state index is 11.8. The second-order valence-electron chi connectivity index (χ2n) is 3.80. The molecule has 1 aromatic carbocycles. The van der Waals surface area contributed by atoms with Crippen molar-refractivity contribution in [2.45, 2.75) is 12.8 Å². The van der Waals surface area contributed by atoms with Crippen LogP contribution < -0.4 is 10.1 Å². The summed E-state index contributed by atoms with van der Waals surface area (Å²) in [6.07, 6.45) is 1.98. The van der Waals surface area contributed by atoms with Crippen LogP contribution in [-0.4, -0.2) is 31.4 Å². The minimum absolute atomic E-state index is 0.238. The molecule has 1 saturated heterocycles. The number of carbonyl (C=O) groups excluding carboxylic acids is 1. The molecular weight excluding hydrogens is 220 g/mol. The van der Waals surface area contributed by atoms with Crippen molar-refractivity contribution in [3.8, 4) is 5.75 Å². The Morgan fingerprint density at radius 3 is 3.06 bits per heavy atom. The lowest BCUT2D eigenvalue weighted by molar-refractivity contribution is -0.135. The van der Waals surface area contributed by atoms with Crippen LogP contribution in [0.5, 0.6) is 5.75 Å². The molecule has 1 N–H and O–H groups in total. The fourth-order valence-corrected chi connectivity index (χ4v) is 1.64.